The van der Waals surface area contributed by atoms with Crippen LogP contribution in [0, 0.1) is 0 Å². The Morgan fingerprint density at radius 1 is 1.41 bits per heavy atom. The highest BCUT2D eigenvalue weighted by atomic mass is 32.1. The van der Waals surface area contributed by atoms with E-state index >= 15 is 0 Å². The van der Waals surface area contributed by atoms with Crippen LogP contribution in [0.1, 0.15) is 16.2 Å². The van der Waals surface area contributed by atoms with Gasteiger partial charge in [-0.25, -0.2) is 4.98 Å². The quantitative estimate of drug-likeness (QED) is 0.770. The number of H-pyrrole nitrogens is 1. The monoisotopic (exact) mass is 315 g/mol. The average Bonchev–Trinajstić information content (AvgIpc) is 3.02. The van der Waals surface area contributed by atoms with E-state index in [4.69, 9.17) is 4.74 Å². The van der Waals surface area contributed by atoms with Gasteiger partial charge in [0.15, 0.2) is 5.82 Å². The van der Waals surface area contributed by atoms with E-state index < -0.39 is 5.91 Å². The smallest absolute Gasteiger partial charge is 0.287 e. The molecule has 2 aromatic heterocycles. The number of carbonyl (C=O) groups excluding carboxylic acids is 1. The fourth-order valence-corrected chi connectivity index (χ4v) is 2.75. The number of fused-ring (bicyclic) bond motifs is 1. The lowest BCUT2D eigenvalue weighted by molar-refractivity contribution is 0.0940. The third-order valence-electron chi connectivity index (χ3n) is 3.12. The van der Waals surface area contributed by atoms with Crippen molar-refractivity contribution in [2.75, 3.05) is 7.11 Å². The minimum atomic E-state index is -0.423. The summed E-state index contributed by atoms with van der Waals surface area (Å²) in [5.74, 6) is 0.310. The molecular formula is C15H13N3O3S. The van der Waals surface area contributed by atoms with E-state index in [0.29, 0.717) is 16.8 Å². The van der Waals surface area contributed by atoms with Gasteiger partial charge in [-0.15, -0.1) is 11.3 Å². The maximum atomic E-state index is 12.1. The number of nitrogens with one attached hydrogen (secondary N) is 2. The molecule has 112 valence electrons. The molecule has 0 aliphatic rings. The highest BCUT2D eigenvalue weighted by molar-refractivity contribution is 7.17. The number of aromatic amines is 1. The van der Waals surface area contributed by atoms with Gasteiger partial charge in [-0.1, -0.05) is 12.1 Å². The second-order valence-corrected chi connectivity index (χ2v) is 5.50. The summed E-state index contributed by atoms with van der Waals surface area (Å²) in [7, 11) is 1.59. The molecule has 2 N–H and O–H groups in total. The summed E-state index contributed by atoms with van der Waals surface area (Å²) < 4.78 is 5.65. The van der Waals surface area contributed by atoms with Gasteiger partial charge in [-0.05, 0) is 29.1 Å². The molecule has 1 aromatic carbocycles. The van der Waals surface area contributed by atoms with Crippen LogP contribution < -0.4 is 15.6 Å². The first-order valence-electron chi connectivity index (χ1n) is 6.56. The van der Waals surface area contributed by atoms with Gasteiger partial charge in [-0.2, -0.15) is 0 Å². The van der Waals surface area contributed by atoms with E-state index in [9.17, 15) is 9.59 Å². The maximum absolute atomic E-state index is 12.1. The molecule has 0 bridgehead atoms. The van der Waals surface area contributed by atoms with E-state index in [0.717, 1.165) is 11.3 Å². The molecule has 1 amide bonds. The zero-order chi connectivity index (χ0) is 15.5. The summed E-state index contributed by atoms with van der Waals surface area (Å²) in [6.45, 7) is 0.321. The number of rotatable bonds is 4. The van der Waals surface area contributed by atoms with E-state index in [1.807, 2.05) is 24.3 Å². The van der Waals surface area contributed by atoms with Gasteiger partial charge >= 0.3 is 0 Å². The lowest BCUT2D eigenvalue weighted by Gasteiger charge is -2.06. The molecule has 0 saturated heterocycles. The number of benzene rings is 1. The van der Waals surface area contributed by atoms with Gasteiger partial charge in [0.25, 0.3) is 11.5 Å². The van der Waals surface area contributed by atoms with Crippen LogP contribution in [0.2, 0.25) is 0 Å². The molecule has 0 spiro atoms. The Morgan fingerprint density at radius 2 is 2.27 bits per heavy atom. The molecule has 3 rings (SSSR count). The van der Waals surface area contributed by atoms with Crippen molar-refractivity contribution in [1.29, 1.82) is 0 Å². The molecule has 6 nitrogen and oxygen atoms in total. The second kappa shape index (κ2) is 5.98. The van der Waals surface area contributed by atoms with Crippen molar-refractivity contribution in [2.45, 2.75) is 6.54 Å². The SMILES string of the molecule is COc1cccc(CNC(=O)c2nc3ccsc3c(=O)[nH]2)c1. The molecule has 0 aliphatic carbocycles. The predicted molar refractivity (Wildman–Crippen MR) is 84.4 cm³/mol. The number of ether oxygens (including phenoxy) is 1. The van der Waals surface area contributed by atoms with Crippen LogP contribution in [0.15, 0.2) is 40.5 Å². The van der Waals surface area contributed by atoms with E-state index in [1.54, 1.807) is 18.6 Å². The summed E-state index contributed by atoms with van der Waals surface area (Å²) in [5, 5.41) is 4.50. The number of hydrogen-bond acceptors (Lipinski definition) is 5. The minimum absolute atomic E-state index is 0.0128. The predicted octanol–water partition coefficient (Wildman–Crippen LogP) is 1.92. The Bertz CT molecular complexity index is 885. The number of aromatic nitrogens is 2. The number of carbonyl (C=O) groups is 1. The largest absolute Gasteiger partial charge is 0.497 e. The lowest BCUT2D eigenvalue weighted by Crippen LogP contribution is -2.27. The fourth-order valence-electron chi connectivity index (χ4n) is 2.03. The van der Waals surface area contributed by atoms with Crippen molar-refractivity contribution in [3.63, 3.8) is 0 Å². The Morgan fingerprint density at radius 3 is 3.09 bits per heavy atom. The summed E-state index contributed by atoms with van der Waals surface area (Å²) in [4.78, 5) is 30.6. The molecule has 0 unspecified atom stereocenters. The van der Waals surface area contributed by atoms with Gasteiger partial charge in [0.2, 0.25) is 0 Å². The molecule has 0 radical (unpaired) electrons. The number of amides is 1. The molecule has 7 heteroatoms. The third-order valence-corrected chi connectivity index (χ3v) is 4.02. The topological polar surface area (TPSA) is 84.1 Å². The first kappa shape index (κ1) is 14.3. The van der Waals surface area contributed by atoms with Crippen LogP contribution in [-0.4, -0.2) is 23.0 Å². The van der Waals surface area contributed by atoms with Crippen molar-refractivity contribution in [1.82, 2.24) is 15.3 Å². The summed E-state index contributed by atoms with van der Waals surface area (Å²) in [6.07, 6.45) is 0. The van der Waals surface area contributed by atoms with E-state index in [1.165, 1.54) is 11.3 Å². The van der Waals surface area contributed by atoms with Crippen molar-refractivity contribution in [3.05, 3.63) is 57.5 Å². The van der Waals surface area contributed by atoms with Gasteiger partial charge in [0, 0.05) is 6.54 Å². The van der Waals surface area contributed by atoms with Crippen LogP contribution in [0.3, 0.4) is 0 Å². The van der Waals surface area contributed by atoms with Crippen LogP contribution >= 0.6 is 11.3 Å². The summed E-state index contributed by atoms with van der Waals surface area (Å²) in [5.41, 5.74) is 1.12. The molecule has 2 heterocycles. The van der Waals surface area contributed by atoms with Gasteiger partial charge < -0.3 is 15.0 Å². The van der Waals surface area contributed by atoms with Crippen LogP contribution in [0.4, 0.5) is 0 Å². The number of methoxy groups -OCH3 is 1. The van der Waals surface area contributed by atoms with Crippen LogP contribution in [0.25, 0.3) is 10.2 Å². The Kier molecular flexibility index (Phi) is 3.88. The molecular weight excluding hydrogens is 302 g/mol. The van der Waals surface area contributed by atoms with Crippen molar-refractivity contribution < 1.29 is 9.53 Å². The Balaban J connectivity index is 1.76. The molecule has 0 fully saturated rings. The van der Waals surface area contributed by atoms with Crippen molar-refractivity contribution in [2.24, 2.45) is 0 Å². The third kappa shape index (κ3) is 2.84. The zero-order valence-corrected chi connectivity index (χ0v) is 12.6. The number of thiophene rings is 1. The highest BCUT2D eigenvalue weighted by Gasteiger charge is 2.11. The van der Waals surface area contributed by atoms with Crippen LogP contribution in [0.5, 0.6) is 5.75 Å². The number of hydrogen-bond donors (Lipinski definition) is 2. The maximum Gasteiger partial charge on any atom is 0.287 e. The van der Waals surface area contributed by atoms with Gasteiger partial charge in [0.1, 0.15) is 10.4 Å². The summed E-state index contributed by atoms with van der Waals surface area (Å²) >= 11 is 1.30. The molecule has 0 saturated carbocycles. The fraction of sp³-hybridized carbons (Fsp3) is 0.133. The Labute approximate surface area is 129 Å². The van der Waals surface area contributed by atoms with E-state index in [-0.39, 0.29) is 11.4 Å². The molecule has 0 aliphatic heterocycles. The van der Waals surface area contributed by atoms with E-state index in [2.05, 4.69) is 15.3 Å². The Hall–Kier alpha value is -2.67. The first-order valence-corrected chi connectivity index (χ1v) is 7.44. The standard InChI is InChI=1S/C15H13N3O3S/c1-21-10-4-2-3-9(7-10)8-16-15(20)13-17-11-5-6-22-12(11)14(19)18-13/h2-7H,8H2,1H3,(H,16,20)(H,17,18,19). The van der Waals surface area contributed by atoms with Crippen molar-refractivity contribution in [3.8, 4) is 5.75 Å². The lowest BCUT2D eigenvalue weighted by atomic mass is 10.2. The minimum Gasteiger partial charge on any atom is -0.497 e. The van der Waals surface area contributed by atoms with Gasteiger partial charge in [0.05, 0.1) is 12.6 Å². The summed E-state index contributed by atoms with van der Waals surface area (Å²) in [6, 6.07) is 9.10. The molecule has 22 heavy (non-hydrogen) atoms. The van der Waals surface area contributed by atoms with Gasteiger partial charge in [-0.3, -0.25) is 9.59 Å². The average molecular weight is 315 g/mol. The number of nitrogens with zero attached hydrogens (tertiary/aromatic N) is 1. The zero-order valence-electron chi connectivity index (χ0n) is 11.8. The normalized spacial score (nSPS) is 10.6. The molecule has 0 atom stereocenters. The first-order chi connectivity index (χ1) is 10.7. The van der Waals surface area contributed by atoms with Crippen molar-refractivity contribution >= 4 is 27.5 Å². The molecule has 3 aromatic rings. The second-order valence-electron chi connectivity index (χ2n) is 4.58. The van der Waals surface area contributed by atoms with Crippen LogP contribution in [-0.2, 0) is 6.54 Å². The highest BCUT2D eigenvalue weighted by Crippen LogP contribution is 2.14.